The lowest BCUT2D eigenvalue weighted by molar-refractivity contribution is -0.123. The molecule has 0 saturated carbocycles. The van der Waals surface area contributed by atoms with E-state index >= 15 is 0 Å². The molecule has 0 aliphatic rings. The molecule has 66 heavy (non-hydrogen) atoms. The summed E-state index contributed by atoms with van der Waals surface area (Å²) in [4.78, 5) is 12.4. The Balaban J connectivity index is 3.57. The quantitative estimate of drug-likeness (QED) is 0.0421. The summed E-state index contributed by atoms with van der Waals surface area (Å²) in [5.74, 6) is -0.0786. The summed E-state index contributed by atoms with van der Waals surface area (Å²) < 4.78 is 0. The normalized spacial score (nSPS) is 13.8. The zero-order valence-electron chi connectivity index (χ0n) is 43.2. The summed E-state index contributed by atoms with van der Waals surface area (Å²) in [6.45, 7) is 4.17. The van der Waals surface area contributed by atoms with Crippen molar-refractivity contribution in [2.45, 2.75) is 257 Å². The van der Waals surface area contributed by atoms with Crippen LogP contribution >= 0.6 is 0 Å². The third-order valence-corrected chi connectivity index (χ3v) is 11.9. The summed E-state index contributed by atoms with van der Waals surface area (Å²) in [6.07, 6.45) is 86.4. The lowest BCUT2D eigenvalue weighted by Gasteiger charge is -2.19. The maximum Gasteiger partial charge on any atom is 0.220 e. The van der Waals surface area contributed by atoms with Crippen molar-refractivity contribution in [2.24, 2.45) is 0 Å². The third kappa shape index (κ3) is 51.8. The Kier molecular flexibility index (Phi) is 53.4. The van der Waals surface area contributed by atoms with Crippen LogP contribution < -0.4 is 5.32 Å². The molecule has 0 fully saturated rings. The molecule has 4 heteroatoms. The zero-order valence-corrected chi connectivity index (χ0v) is 43.2. The van der Waals surface area contributed by atoms with E-state index < -0.39 is 12.1 Å². The van der Waals surface area contributed by atoms with Crippen LogP contribution in [0.5, 0.6) is 0 Å². The molecule has 0 heterocycles. The Morgan fingerprint density at radius 1 is 0.379 bits per heavy atom. The van der Waals surface area contributed by atoms with Crippen LogP contribution in [0.3, 0.4) is 0 Å². The molecule has 0 aliphatic carbocycles. The fourth-order valence-corrected chi connectivity index (χ4v) is 7.74. The number of hydrogen-bond acceptors (Lipinski definition) is 3. The van der Waals surface area contributed by atoms with E-state index in [2.05, 4.69) is 129 Å². The second kappa shape index (κ2) is 56.1. The van der Waals surface area contributed by atoms with Gasteiger partial charge in [-0.3, -0.25) is 4.79 Å². The van der Waals surface area contributed by atoms with Gasteiger partial charge in [0.2, 0.25) is 5.91 Å². The molecule has 0 radical (unpaired) electrons. The number of carbonyl (C=O) groups is 1. The van der Waals surface area contributed by atoms with Crippen LogP contribution in [0.2, 0.25) is 0 Å². The number of aliphatic hydroxyl groups excluding tert-OH is 2. The molecule has 0 saturated heterocycles. The standard InChI is InChI=1S/C62H105NO3/c1-3-5-7-9-11-13-15-17-19-20-21-22-23-24-25-26-27-28-29-30-31-32-33-34-35-36-37-38-39-40-41-42-44-46-48-50-52-54-56-58-62(66)63-60(59-64)61(65)57-55-53-51-49-47-45-43-18-16-14-12-10-8-6-4-2/h5,7,11,13,17,19,21-22,24-25,27-28,30-31,33-34,47,49,55,57,60-61,64-65H,3-4,6,8-10,12,14-16,18,20,23,26,29,32,35-46,48,50-54,56,58-59H2,1-2H3,(H,63,66)/b7-5-,13-11-,19-17-,22-21-,25-24-,28-27-,31-30-,34-33-,49-47+,57-55+. The van der Waals surface area contributed by atoms with Crippen LogP contribution in [-0.4, -0.2) is 34.9 Å². The Morgan fingerprint density at radius 3 is 1.06 bits per heavy atom. The second-order valence-electron chi connectivity index (χ2n) is 18.3. The maximum atomic E-state index is 12.4. The Hall–Kier alpha value is -3.21. The summed E-state index contributed by atoms with van der Waals surface area (Å²) in [6, 6.07) is -0.645. The first-order valence-electron chi connectivity index (χ1n) is 27.7. The predicted molar refractivity (Wildman–Crippen MR) is 294 cm³/mol. The van der Waals surface area contributed by atoms with Gasteiger partial charge in [0, 0.05) is 6.42 Å². The van der Waals surface area contributed by atoms with Gasteiger partial charge in [-0.1, -0.05) is 264 Å². The number of allylic oxidation sites excluding steroid dienone is 19. The van der Waals surface area contributed by atoms with Crippen LogP contribution in [-0.2, 0) is 4.79 Å². The van der Waals surface area contributed by atoms with Crippen molar-refractivity contribution in [3.05, 3.63) is 122 Å². The molecule has 2 atom stereocenters. The molecule has 0 aliphatic heterocycles. The molecule has 0 rings (SSSR count). The van der Waals surface area contributed by atoms with E-state index in [1.807, 2.05) is 6.08 Å². The lowest BCUT2D eigenvalue weighted by Crippen LogP contribution is -2.45. The van der Waals surface area contributed by atoms with Gasteiger partial charge in [0.05, 0.1) is 18.8 Å². The molecular formula is C62H105NO3. The highest BCUT2D eigenvalue weighted by Gasteiger charge is 2.17. The number of nitrogens with one attached hydrogen (secondary N) is 1. The first kappa shape index (κ1) is 62.8. The van der Waals surface area contributed by atoms with Gasteiger partial charge < -0.3 is 15.5 Å². The summed E-state index contributed by atoms with van der Waals surface area (Å²) >= 11 is 0. The van der Waals surface area contributed by atoms with Crippen molar-refractivity contribution in [3.63, 3.8) is 0 Å². The fourth-order valence-electron chi connectivity index (χ4n) is 7.74. The van der Waals surface area contributed by atoms with Crippen molar-refractivity contribution < 1.29 is 15.0 Å². The Morgan fingerprint density at radius 2 is 0.682 bits per heavy atom. The van der Waals surface area contributed by atoms with Crippen molar-refractivity contribution in [1.29, 1.82) is 0 Å². The number of unbranched alkanes of at least 4 members (excludes halogenated alkanes) is 24. The SMILES string of the molecule is CC/C=C\C/C=C\C/C=C\C/C=C\C/C=C\C/C=C\C/C=C\C/C=C\CCCCCCCCCCCCCCCCC(=O)NC(CO)C(O)/C=C/CC/C=C/CCCCCCCCCCC. The smallest absolute Gasteiger partial charge is 0.220 e. The average Bonchev–Trinajstić information content (AvgIpc) is 3.32. The number of carbonyl (C=O) groups excluding carboxylic acids is 1. The first-order valence-corrected chi connectivity index (χ1v) is 27.7. The second-order valence-corrected chi connectivity index (χ2v) is 18.3. The van der Waals surface area contributed by atoms with Gasteiger partial charge in [-0.25, -0.2) is 0 Å². The van der Waals surface area contributed by atoms with E-state index in [1.54, 1.807) is 6.08 Å². The van der Waals surface area contributed by atoms with E-state index in [0.717, 1.165) is 83.5 Å². The van der Waals surface area contributed by atoms with Gasteiger partial charge in [0.25, 0.3) is 0 Å². The largest absolute Gasteiger partial charge is 0.394 e. The monoisotopic (exact) mass is 912 g/mol. The topological polar surface area (TPSA) is 69.6 Å². The van der Waals surface area contributed by atoms with Crippen molar-refractivity contribution >= 4 is 5.91 Å². The summed E-state index contributed by atoms with van der Waals surface area (Å²) in [5.41, 5.74) is 0. The van der Waals surface area contributed by atoms with Gasteiger partial charge in [-0.05, 0) is 96.3 Å². The molecule has 2 unspecified atom stereocenters. The molecule has 0 aromatic heterocycles. The first-order chi connectivity index (χ1) is 32.7. The number of hydrogen-bond donors (Lipinski definition) is 3. The zero-order chi connectivity index (χ0) is 47.7. The Bertz CT molecular complexity index is 1310. The van der Waals surface area contributed by atoms with Crippen molar-refractivity contribution in [2.75, 3.05) is 6.61 Å². The van der Waals surface area contributed by atoms with Crippen LogP contribution in [0, 0.1) is 0 Å². The fraction of sp³-hybridized carbons (Fsp3) is 0.661. The number of aliphatic hydroxyl groups is 2. The molecule has 4 nitrogen and oxygen atoms in total. The van der Waals surface area contributed by atoms with Crippen LogP contribution in [0.25, 0.3) is 0 Å². The van der Waals surface area contributed by atoms with Crippen LogP contribution in [0.1, 0.15) is 245 Å². The maximum absolute atomic E-state index is 12.4. The molecule has 0 aromatic rings. The highest BCUT2D eigenvalue weighted by atomic mass is 16.3. The van der Waals surface area contributed by atoms with Gasteiger partial charge in [-0.15, -0.1) is 0 Å². The molecule has 1 amide bonds. The van der Waals surface area contributed by atoms with Crippen LogP contribution in [0.15, 0.2) is 122 Å². The van der Waals surface area contributed by atoms with Gasteiger partial charge in [0.15, 0.2) is 0 Å². The third-order valence-electron chi connectivity index (χ3n) is 11.9. The highest BCUT2D eigenvalue weighted by Crippen LogP contribution is 2.15. The average molecular weight is 913 g/mol. The van der Waals surface area contributed by atoms with E-state index in [1.165, 1.54) is 141 Å². The van der Waals surface area contributed by atoms with Gasteiger partial charge in [0.1, 0.15) is 0 Å². The van der Waals surface area contributed by atoms with Crippen molar-refractivity contribution in [1.82, 2.24) is 5.32 Å². The predicted octanol–water partition coefficient (Wildman–Crippen LogP) is 18.5. The van der Waals surface area contributed by atoms with E-state index in [0.29, 0.717) is 6.42 Å². The molecule has 376 valence electrons. The van der Waals surface area contributed by atoms with Crippen LogP contribution in [0.4, 0.5) is 0 Å². The molecular weight excluding hydrogens is 807 g/mol. The van der Waals surface area contributed by atoms with Gasteiger partial charge in [-0.2, -0.15) is 0 Å². The Labute approximate surface area is 409 Å². The van der Waals surface area contributed by atoms with E-state index in [-0.39, 0.29) is 12.5 Å². The highest BCUT2D eigenvalue weighted by molar-refractivity contribution is 5.76. The number of rotatable bonds is 49. The number of amides is 1. The minimum atomic E-state index is -0.868. The lowest BCUT2D eigenvalue weighted by atomic mass is 10.0. The minimum absolute atomic E-state index is 0.0786. The molecule has 0 spiro atoms. The van der Waals surface area contributed by atoms with Gasteiger partial charge >= 0.3 is 0 Å². The molecule has 3 N–H and O–H groups in total. The molecule has 0 aromatic carbocycles. The molecule has 0 bridgehead atoms. The van der Waals surface area contributed by atoms with Crippen molar-refractivity contribution in [3.8, 4) is 0 Å². The van der Waals surface area contributed by atoms with E-state index in [4.69, 9.17) is 0 Å². The summed E-state index contributed by atoms with van der Waals surface area (Å²) in [5, 5.41) is 23.1. The minimum Gasteiger partial charge on any atom is -0.394 e. The van der Waals surface area contributed by atoms with E-state index in [9.17, 15) is 15.0 Å². The summed E-state index contributed by atoms with van der Waals surface area (Å²) in [7, 11) is 0.